The predicted octanol–water partition coefficient (Wildman–Crippen LogP) is -0.885. The molecule has 0 saturated carbocycles. The SMILES string of the molecule is C/C(=N\NC(N)=O)C(=O)O. The van der Waals surface area contributed by atoms with E-state index in [1.54, 1.807) is 5.43 Å². The van der Waals surface area contributed by atoms with E-state index in [2.05, 4.69) is 10.8 Å². The van der Waals surface area contributed by atoms with Gasteiger partial charge in [0.2, 0.25) is 0 Å². The number of nitrogens with zero attached hydrogens (tertiary/aromatic N) is 1. The lowest BCUT2D eigenvalue weighted by atomic mass is 10.4. The average molecular weight is 145 g/mol. The van der Waals surface area contributed by atoms with Crippen molar-refractivity contribution in [2.45, 2.75) is 6.92 Å². The maximum absolute atomic E-state index is 9.99. The normalized spacial score (nSPS) is 10.7. The molecule has 0 fully saturated rings. The number of urea groups is 1. The van der Waals surface area contributed by atoms with Gasteiger partial charge in [-0.15, -0.1) is 0 Å². The lowest BCUT2D eigenvalue weighted by molar-refractivity contribution is -0.129. The number of hydrogen-bond donors (Lipinski definition) is 3. The Morgan fingerprint density at radius 1 is 1.60 bits per heavy atom. The molecular weight excluding hydrogens is 138 g/mol. The smallest absolute Gasteiger partial charge is 0.351 e. The zero-order chi connectivity index (χ0) is 8.15. The van der Waals surface area contributed by atoms with E-state index in [1.807, 2.05) is 0 Å². The number of nitrogens with one attached hydrogen (secondary N) is 1. The molecular formula is C4H7N3O3. The molecule has 0 bridgehead atoms. The summed E-state index contributed by atoms with van der Waals surface area (Å²) >= 11 is 0. The summed E-state index contributed by atoms with van der Waals surface area (Å²) < 4.78 is 0. The number of carboxylic acids is 1. The van der Waals surface area contributed by atoms with E-state index < -0.39 is 12.0 Å². The molecule has 0 unspecified atom stereocenters. The van der Waals surface area contributed by atoms with Crippen LogP contribution in [0.3, 0.4) is 0 Å². The van der Waals surface area contributed by atoms with Gasteiger partial charge in [-0.2, -0.15) is 5.10 Å². The van der Waals surface area contributed by atoms with Crippen LogP contribution in [0.1, 0.15) is 6.92 Å². The molecule has 0 saturated heterocycles. The van der Waals surface area contributed by atoms with Crippen molar-refractivity contribution in [2.75, 3.05) is 0 Å². The van der Waals surface area contributed by atoms with E-state index in [9.17, 15) is 9.59 Å². The van der Waals surface area contributed by atoms with Gasteiger partial charge in [-0.25, -0.2) is 15.0 Å². The van der Waals surface area contributed by atoms with Gasteiger partial charge in [0, 0.05) is 0 Å². The topological polar surface area (TPSA) is 105 Å². The summed E-state index contributed by atoms with van der Waals surface area (Å²) in [6, 6.07) is -0.888. The Bertz CT molecular complexity index is 186. The zero-order valence-corrected chi connectivity index (χ0v) is 5.29. The molecule has 0 aromatic heterocycles. The third-order valence-electron chi connectivity index (χ3n) is 0.643. The Morgan fingerprint density at radius 3 is 2.40 bits per heavy atom. The van der Waals surface area contributed by atoms with Crippen molar-refractivity contribution in [1.29, 1.82) is 0 Å². The van der Waals surface area contributed by atoms with Crippen LogP contribution < -0.4 is 11.2 Å². The molecule has 0 radical (unpaired) electrons. The van der Waals surface area contributed by atoms with E-state index in [0.717, 1.165) is 0 Å². The van der Waals surface area contributed by atoms with Crippen molar-refractivity contribution in [1.82, 2.24) is 5.43 Å². The summed E-state index contributed by atoms with van der Waals surface area (Å²) in [6.07, 6.45) is 0. The van der Waals surface area contributed by atoms with Crippen LogP contribution in [0.15, 0.2) is 5.10 Å². The van der Waals surface area contributed by atoms with Crippen LogP contribution in [0.2, 0.25) is 0 Å². The molecule has 0 atom stereocenters. The summed E-state index contributed by atoms with van der Waals surface area (Å²) in [4.78, 5) is 19.9. The van der Waals surface area contributed by atoms with Crippen molar-refractivity contribution in [2.24, 2.45) is 10.8 Å². The number of primary amides is 1. The second-order valence-electron chi connectivity index (χ2n) is 1.48. The fraction of sp³-hybridized carbons (Fsp3) is 0.250. The molecule has 0 heterocycles. The fourth-order valence-electron chi connectivity index (χ4n) is 0.187. The number of hydrogen-bond acceptors (Lipinski definition) is 3. The summed E-state index contributed by atoms with van der Waals surface area (Å²) in [5, 5.41) is 11.3. The number of rotatable bonds is 2. The molecule has 2 amide bonds. The quantitative estimate of drug-likeness (QED) is 0.347. The van der Waals surface area contributed by atoms with Gasteiger partial charge in [-0.05, 0) is 6.92 Å². The van der Waals surface area contributed by atoms with Crippen LogP contribution >= 0.6 is 0 Å². The summed E-state index contributed by atoms with van der Waals surface area (Å²) in [5.41, 5.74) is 6.14. The Balaban J connectivity index is 3.92. The third-order valence-corrected chi connectivity index (χ3v) is 0.643. The van der Waals surface area contributed by atoms with Crippen molar-refractivity contribution in [3.63, 3.8) is 0 Å². The van der Waals surface area contributed by atoms with E-state index >= 15 is 0 Å². The summed E-state index contributed by atoms with van der Waals surface area (Å²) in [6.45, 7) is 1.23. The Morgan fingerprint density at radius 2 is 2.10 bits per heavy atom. The zero-order valence-electron chi connectivity index (χ0n) is 5.29. The van der Waals surface area contributed by atoms with Gasteiger partial charge in [-0.1, -0.05) is 0 Å². The van der Waals surface area contributed by atoms with Crippen molar-refractivity contribution < 1.29 is 14.7 Å². The number of aliphatic carboxylic acids is 1. The van der Waals surface area contributed by atoms with Gasteiger partial charge in [-0.3, -0.25) is 0 Å². The minimum Gasteiger partial charge on any atom is -0.477 e. The largest absolute Gasteiger partial charge is 0.477 e. The first-order valence-electron chi connectivity index (χ1n) is 2.37. The number of carbonyl (C=O) groups excluding carboxylic acids is 1. The van der Waals surface area contributed by atoms with Crippen molar-refractivity contribution in [3.05, 3.63) is 0 Å². The number of carboxylic acid groups (broad SMARTS) is 1. The van der Waals surface area contributed by atoms with Crippen LogP contribution in [-0.4, -0.2) is 22.8 Å². The van der Waals surface area contributed by atoms with E-state index in [1.165, 1.54) is 6.92 Å². The van der Waals surface area contributed by atoms with Crippen LogP contribution in [0, 0.1) is 0 Å². The third kappa shape index (κ3) is 3.42. The molecule has 56 valence electrons. The molecule has 0 aromatic rings. The molecule has 4 N–H and O–H groups in total. The lowest BCUT2D eigenvalue weighted by Gasteiger charge is -1.92. The van der Waals surface area contributed by atoms with Gasteiger partial charge < -0.3 is 10.8 Å². The molecule has 0 aliphatic carbocycles. The second-order valence-corrected chi connectivity index (χ2v) is 1.48. The number of nitrogens with two attached hydrogens (primary N) is 1. The monoisotopic (exact) mass is 145 g/mol. The fourth-order valence-corrected chi connectivity index (χ4v) is 0.187. The highest BCUT2D eigenvalue weighted by Crippen LogP contribution is 1.72. The van der Waals surface area contributed by atoms with Crippen LogP contribution in [0.4, 0.5) is 4.79 Å². The molecule has 6 nitrogen and oxygen atoms in total. The molecule has 6 heteroatoms. The maximum Gasteiger partial charge on any atom is 0.351 e. The minimum atomic E-state index is -1.20. The first-order valence-corrected chi connectivity index (χ1v) is 2.37. The van der Waals surface area contributed by atoms with Gasteiger partial charge in [0.1, 0.15) is 5.71 Å². The Kier molecular flexibility index (Phi) is 2.89. The van der Waals surface area contributed by atoms with Gasteiger partial charge in [0.05, 0.1) is 0 Å². The molecule has 0 aliphatic rings. The first-order chi connectivity index (χ1) is 4.54. The van der Waals surface area contributed by atoms with Gasteiger partial charge in [0.15, 0.2) is 0 Å². The van der Waals surface area contributed by atoms with Crippen LogP contribution in [0.5, 0.6) is 0 Å². The summed E-state index contributed by atoms with van der Waals surface area (Å²) in [5.74, 6) is -1.20. The summed E-state index contributed by atoms with van der Waals surface area (Å²) in [7, 11) is 0. The van der Waals surface area contributed by atoms with Gasteiger partial charge in [0.25, 0.3) is 0 Å². The van der Waals surface area contributed by atoms with Crippen molar-refractivity contribution >= 4 is 17.7 Å². The minimum absolute atomic E-state index is 0.223. The number of carbonyl (C=O) groups is 2. The van der Waals surface area contributed by atoms with Gasteiger partial charge >= 0.3 is 12.0 Å². The predicted molar refractivity (Wildman–Crippen MR) is 33.5 cm³/mol. The van der Waals surface area contributed by atoms with Crippen LogP contribution in [-0.2, 0) is 4.79 Å². The lowest BCUT2D eigenvalue weighted by Crippen LogP contribution is -2.26. The maximum atomic E-state index is 9.99. The first kappa shape index (κ1) is 8.41. The molecule has 0 aromatic carbocycles. The molecule has 0 spiro atoms. The van der Waals surface area contributed by atoms with E-state index in [0.29, 0.717) is 0 Å². The Labute approximate surface area is 56.7 Å². The van der Waals surface area contributed by atoms with Crippen LogP contribution in [0.25, 0.3) is 0 Å². The van der Waals surface area contributed by atoms with Crippen molar-refractivity contribution in [3.8, 4) is 0 Å². The second kappa shape index (κ2) is 3.44. The Hall–Kier alpha value is -1.59. The highest BCUT2D eigenvalue weighted by molar-refractivity contribution is 6.34. The highest BCUT2D eigenvalue weighted by Gasteiger charge is 2.00. The van der Waals surface area contributed by atoms with E-state index in [-0.39, 0.29) is 5.71 Å². The molecule has 0 aliphatic heterocycles. The molecule has 10 heavy (non-hydrogen) atoms. The number of hydrazone groups is 1. The number of amides is 2. The average Bonchev–Trinajstić information content (AvgIpc) is 1.82. The molecule has 0 rings (SSSR count). The van der Waals surface area contributed by atoms with E-state index in [4.69, 9.17) is 5.11 Å². The standard InChI is InChI=1S/C4H7N3O3/c1-2(3(8)9)6-7-4(5)10/h1H3,(H,8,9)(H3,5,7,10)/b6-2+. The highest BCUT2D eigenvalue weighted by atomic mass is 16.4.